The van der Waals surface area contributed by atoms with Crippen LogP contribution in [-0.4, -0.2) is 35.3 Å². The summed E-state index contributed by atoms with van der Waals surface area (Å²) in [5.74, 6) is 0.534. The Kier molecular flexibility index (Phi) is 4.11. The van der Waals surface area contributed by atoms with Crippen molar-refractivity contribution in [3.63, 3.8) is 0 Å². The molecule has 0 aliphatic heterocycles. The van der Waals surface area contributed by atoms with Gasteiger partial charge in [-0.05, 0) is 12.1 Å². The summed E-state index contributed by atoms with van der Waals surface area (Å²) in [4.78, 5) is 12.9. The number of nitrogens with zero attached hydrogens (tertiary/aromatic N) is 3. The Hall–Kier alpha value is -2.73. The number of fused-ring (bicyclic) bond motifs is 1. The molecule has 0 fully saturated rings. The number of pyridine rings is 1. The van der Waals surface area contributed by atoms with Gasteiger partial charge < -0.3 is 15.2 Å². The van der Waals surface area contributed by atoms with Gasteiger partial charge in [0.2, 0.25) is 11.8 Å². The average Bonchev–Trinajstić information content (AvgIpc) is 2.55. The molecule has 0 radical (unpaired) electrons. The summed E-state index contributed by atoms with van der Waals surface area (Å²) in [5, 5.41) is 0. The molecule has 0 aliphatic rings. The molecule has 2 heterocycles. The molecule has 0 amide bonds. The molecule has 3 aromatic rings. The van der Waals surface area contributed by atoms with Crippen molar-refractivity contribution in [3.05, 3.63) is 42.5 Å². The minimum Gasteiger partial charge on any atom is -0.474 e. The molecule has 0 unspecified atom stereocenters. The Morgan fingerprint density at radius 1 is 0.955 bits per heavy atom. The van der Waals surface area contributed by atoms with E-state index in [2.05, 4.69) is 15.0 Å². The quantitative estimate of drug-likeness (QED) is 0.727. The summed E-state index contributed by atoms with van der Waals surface area (Å²) in [6, 6.07) is 13.7. The lowest BCUT2D eigenvalue weighted by Gasteiger charge is -2.09. The zero-order chi connectivity index (χ0) is 15.4. The minimum atomic E-state index is 0.161. The fourth-order valence-electron chi connectivity index (χ4n) is 2.10. The van der Waals surface area contributed by atoms with Crippen LogP contribution in [0.2, 0.25) is 0 Å². The molecule has 0 saturated carbocycles. The van der Waals surface area contributed by atoms with Gasteiger partial charge in [0, 0.05) is 12.7 Å². The first-order valence-corrected chi connectivity index (χ1v) is 6.89. The van der Waals surface area contributed by atoms with Crippen molar-refractivity contribution in [3.8, 4) is 17.1 Å². The van der Waals surface area contributed by atoms with Gasteiger partial charge in [-0.3, -0.25) is 0 Å². The summed E-state index contributed by atoms with van der Waals surface area (Å²) < 4.78 is 10.6. The van der Waals surface area contributed by atoms with Crippen molar-refractivity contribution in [1.29, 1.82) is 0 Å². The number of anilines is 1. The van der Waals surface area contributed by atoms with Crippen LogP contribution in [0.3, 0.4) is 0 Å². The fraction of sp³-hybridized carbons (Fsp3) is 0.188. The Balaban J connectivity index is 2.05. The topological polar surface area (TPSA) is 83.2 Å². The zero-order valence-electron chi connectivity index (χ0n) is 12.2. The molecule has 6 nitrogen and oxygen atoms in total. The lowest BCUT2D eigenvalue weighted by molar-refractivity contribution is 0.144. The number of benzene rings is 1. The highest BCUT2D eigenvalue weighted by Gasteiger charge is 2.11. The average molecular weight is 296 g/mol. The van der Waals surface area contributed by atoms with E-state index in [0.717, 1.165) is 11.3 Å². The maximum absolute atomic E-state index is 5.72. The molecule has 3 rings (SSSR count). The second-order valence-corrected chi connectivity index (χ2v) is 4.66. The van der Waals surface area contributed by atoms with E-state index in [1.54, 1.807) is 7.11 Å². The number of nitrogen functional groups attached to an aromatic ring is 1. The van der Waals surface area contributed by atoms with Crippen molar-refractivity contribution in [2.24, 2.45) is 0 Å². The van der Waals surface area contributed by atoms with Gasteiger partial charge in [0.1, 0.15) is 6.61 Å². The van der Waals surface area contributed by atoms with Gasteiger partial charge in [-0.15, -0.1) is 0 Å². The van der Waals surface area contributed by atoms with Crippen molar-refractivity contribution in [2.45, 2.75) is 0 Å². The summed E-state index contributed by atoms with van der Waals surface area (Å²) >= 11 is 0. The van der Waals surface area contributed by atoms with E-state index >= 15 is 0 Å². The zero-order valence-corrected chi connectivity index (χ0v) is 12.2. The van der Waals surface area contributed by atoms with Gasteiger partial charge in [-0.25, -0.2) is 9.97 Å². The van der Waals surface area contributed by atoms with E-state index < -0.39 is 0 Å². The number of rotatable bonds is 5. The van der Waals surface area contributed by atoms with E-state index in [1.165, 1.54) is 0 Å². The summed E-state index contributed by atoms with van der Waals surface area (Å²) in [5.41, 5.74) is 8.81. The first kappa shape index (κ1) is 14.2. The van der Waals surface area contributed by atoms with Gasteiger partial charge in [-0.1, -0.05) is 30.3 Å². The van der Waals surface area contributed by atoms with Gasteiger partial charge in [0.05, 0.1) is 17.8 Å². The van der Waals surface area contributed by atoms with E-state index in [-0.39, 0.29) is 5.95 Å². The molecule has 1 aromatic carbocycles. The van der Waals surface area contributed by atoms with Crippen molar-refractivity contribution in [1.82, 2.24) is 15.0 Å². The molecule has 22 heavy (non-hydrogen) atoms. The van der Waals surface area contributed by atoms with Crippen LogP contribution in [0.15, 0.2) is 42.5 Å². The van der Waals surface area contributed by atoms with Crippen molar-refractivity contribution < 1.29 is 9.47 Å². The normalized spacial score (nSPS) is 10.8. The molecule has 0 spiro atoms. The van der Waals surface area contributed by atoms with Crippen LogP contribution >= 0.6 is 0 Å². The van der Waals surface area contributed by atoms with Gasteiger partial charge >= 0.3 is 0 Å². The number of hydrogen-bond donors (Lipinski definition) is 1. The highest BCUT2D eigenvalue weighted by Crippen LogP contribution is 2.25. The van der Waals surface area contributed by atoms with Crippen molar-refractivity contribution >= 4 is 17.0 Å². The SMILES string of the molecule is COCCOc1nc(N)nc2ccc(-c3ccccc3)nc12. The van der Waals surface area contributed by atoms with Crippen LogP contribution in [0.1, 0.15) is 0 Å². The first-order chi connectivity index (χ1) is 10.8. The maximum Gasteiger partial charge on any atom is 0.245 e. The van der Waals surface area contributed by atoms with Crippen LogP contribution in [0.4, 0.5) is 5.95 Å². The van der Waals surface area contributed by atoms with Gasteiger partial charge in [0.15, 0.2) is 5.52 Å². The lowest BCUT2D eigenvalue weighted by atomic mass is 10.1. The monoisotopic (exact) mass is 296 g/mol. The molecular weight excluding hydrogens is 280 g/mol. The molecule has 0 saturated heterocycles. The Morgan fingerprint density at radius 3 is 2.55 bits per heavy atom. The second kappa shape index (κ2) is 6.36. The molecular formula is C16H16N4O2. The van der Waals surface area contributed by atoms with Gasteiger partial charge in [-0.2, -0.15) is 4.98 Å². The fourth-order valence-corrected chi connectivity index (χ4v) is 2.10. The van der Waals surface area contributed by atoms with Crippen LogP contribution in [0, 0.1) is 0 Å². The maximum atomic E-state index is 5.72. The standard InChI is InChI=1S/C16H16N4O2/c1-21-9-10-22-15-14-13(19-16(17)20-15)8-7-12(18-14)11-5-3-2-4-6-11/h2-8H,9-10H2,1H3,(H2,17,19,20). The molecule has 0 bridgehead atoms. The van der Waals surface area contributed by atoms with Gasteiger partial charge in [0.25, 0.3) is 0 Å². The third-order valence-corrected chi connectivity index (χ3v) is 3.12. The predicted octanol–water partition coefficient (Wildman–Crippen LogP) is 2.30. The largest absolute Gasteiger partial charge is 0.474 e. The number of ether oxygens (including phenoxy) is 2. The van der Waals surface area contributed by atoms with E-state index in [9.17, 15) is 0 Å². The highest BCUT2D eigenvalue weighted by atomic mass is 16.5. The van der Waals surface area contributed by atoms with E-state index in [0.29, 0.717) is 30.1 Å². The molecule has 2 aromatic heterocycles. The molecule has 112 valence electrons. The smallest absolute Gasteiger partial charge is 0.245 e. The molecule has 6 heteroatoms. The van der Waals surface area contributed by atoms with Crippen LogP contribution < -0.4 is 10.5 Å². The first-order valence-electron chi connectivity index (χ1n) is 6.89. The Morgan fingerprint density at radius 2 is 1.77 bits per heavy atom. The number of nitrogens with two attached hydrogens (primary N) is 1. The molecule has 0 aliphatic carbocycles. The van der Waals surface area contributed by atoms with Crippen LogP contribution in [-0.2, 0) is 4.74 Å². The van der Waals surface area contributed by atoms with Crippen molar-refractivity contribution in [2.75, 3.05) is 26.1 Å². The van der Waals surface area contributed by atoms with Crippen LogP contribution in [0.25, 0.3) is 22.3 Å². The third-order valence-electron chi connectivity index (χ3n) is 3.12. The van der Waals surface area contributed by atoms with E-state index in [4.69, 9.17) is 15.2 Å². The lowest BCUT2D eigenvalue weighted by Crippen LogP contribution is -2.08. The number of methoxy groups -OCH3 is 1. The number of aromatic nitrogens is 3. The third kappa shape index (κ3) is 2.96. The summed E-state index contributed by atoms with van der Waals surface area (Å²) in [7, 11) is 1.61. The Bertz CT molecular complexity index is 778. The Labute approximate surface area is 127 Å². The van der Waals surface area contributed by atoms with Crippen LogP contribution in [0.5, 0.6) is 5.88 Å². The summed E-state index contributed by atoms with van der Waals surface area (Å²) in [6.07, 6.45) is 0. The molecule has 2 N–H and O–H groups in total. The minimum absolute atomic E-state index is 0.161. The molecule has 0 atom stereocenters. The van der Waals surface area contributed by atoms with E-state index in [1.807, 2.05) is 42.5 Å². The summed E-state index contributed by atoms with van der Waals surface area (Å²) in [6.45, 7) is 0.836. The highest BCUT2D eigenvalue weighted by molar-refractivity contribution is 5.83. The predicted molar refractivity (Wildman–Crippen MR) is 84.6 cm³/mol. The number of hydrogen-bond acceptors (Lipinski definition) is 6. The second-order valence-electron chi connectivity index (χ2n) is 4.66.